The molecule has 2 aliphatic heterocycles. The third kappa shape index (κ3) is 5.12. The van der Waals surface area contributed by atoms with Gasteiger partial charge in [0.1, 0.15) is 29.0 Å². The van der Waals surface area contributed by atoms with Gasteiger partial charge in [-0.25, -0.2) is 9.97 Å². The number of halogens is 1. The highest BCUT2D eigenvalue weighted by atomic mass is 35.5. The third-order valence-corrected chi connectivity index (χ3v) is 6.60. The molecule has 2 aromatic rings. The van der Waals surface area contributed by atoms with Crippen molar-refractivity contribution in [3.05, 3.63) is 41.2 Å². The second-order valence-electron chi connectivity index (χ2n) is 9.03. The van der Waals surface area contributed by atoms with Gasteiger partial charge < -0.3 is 19.3 Å². The van der Waals surface area contributed by atoms with Crippen LogP contribution in [0.15, 0.2) is 30.6 Å². The van der Waals surface area contributed by atoms with Gasteiger partial charge in [-0.15, -0.1) is 0 Å². The van der Waals surface area contributed by atoms with Crippen molar-refractivity contribution in [1.29, 1.82) is 0 Å². The lowest BCUT2D eigenvalue weighted by atomic mass is 9.96. The smallest absolute Gasteiger partial charge is 0.153 e. The fourth-order valence-electron chi connectivity index (χ4n) is 4.55. The van der Waals surface area contributed by atoms with E-state index in [1.54, 1.807) is 13.3 Å². The molecule has 4 rings (SSSR count). The van der Waals surface area contributed by atoms with Crippen molar-refractivity contribution in [1.82, 2.24) is 9.97 Å². The zero-order chi connectivity index (χ0) is 22.0. The summed E-state index contributed by atoms with van der Waals surface area (Å²) in [4.78, 5) is 24.8. The van der Waals surface area contributed by atoms with Gasteiger partial charge in [-0.2, -0.15) is 0 Å². The molecule has 0 bridgehead atoms. The van der Waals surface area contributed by atoms with Gasteiger partial charge in [0.15, 0.2) is 11.6 Å². The van der Waals surface area contributed by atoms with Crippen molar-refractivity contribution in [2.75, 3.05) is 36.0 Å². The molecule has 2 saturated heterocycles. The second kappa shape index (κ2) is 9.43. The summed E-state index contributed by atoms with van der Waals surface area (Å²) in [6.07, 6.45) is 4.35. The van der Waals surface area contributed by atoms with Crippen LogP contribution in [-0.4, -0.2) is 48.0 Å². The minimum absolute atomic E-state index is 0.0850. The summed E-state index contributed by atoms with van der Waals surface area (Å²) in [6.45, 7) is 9.55. The van der Waals surface area contributed by atoms with E-state index < -0.39 is 0 Å². The Hall–Kier alpha value is -2.34. The van der Waals surface area contributed by atoms with Gasteiger partial charge in [0.05, 0.1) is 6.54 Å². The predicted octanol–water partition coefficient (Wildman–Crippen LogP) is 4.72. The molecule has 0 radical (unpaired) electrons. The van der Waals surface area contributed by atoms with E-state index in [0.717, 1.165) is 55.5 Å². The number of carbonyl (C=O) groups excluding carboxylic acids is 1. The van der Waals surface area contributed by atoms with Crippen LogP contribution in [0.2, 0.25) is 5.02 Å². The molecule has 3 atom stereocenters. The van der Waals surface area contributed by atoms with Gasteiger partial charge in [0.25, 0.3) is 0 Å². The summed E-state index contributed by atoms with van der Waals surface area (Å²) in [5, 5.41) is 0.640. The number of aromatic nitrogens is 2. The Morgan fingerprint density at radius 2 is 1.77 bits per heavy atom. The molecule has 2 aliphatic rings. The van der Waals surface area contributed by atoms with Gasteiger partial charge in [-0.3, -0.25) is 0 Å². The van der Waals surface area contributed by atoms with Crippen LogP contribution in [0.1, 0.15) is 51.5 Å². The zero-order valence-electron chi connectivity index (χ0n) is 18.6. The fourth-order valence-corrected chi connectivity index (χ4v) is 4.89. The molecule has 31 heavy (non-hydrogen) atoms. The Balaban J connectivity index is 1.38. The second-order valence-corrected chi connectivity index (χ2v) is 9.40. The number of anilines is 2. The van der Waals surface area contributed by atoms with Crippen molar-refractivity contribution in [3.63, 3.8) is 0 Å². The lowest BCUT2D eigenvalue weighted by molar-refractivity contribution is -0.117. The van der Waals surface area contributed by atoms with E-state index >= 15 is 0 Å². The van der Waals surface area contributed by atoms with Crippen LogP contribution < -0.4 is 14.5 Å². The SMILES string of the molecule is CC(=O)C[C@@H](C)c1ccc(O[C@@H]2CCN(c3ncnc(N4CC[C@H](C)C4)c3Cl)C2)cc1. The maximum atomic E-state index is 11.4. The van der Waals surface area contributed by atoms with E-state index in [2.05, 4.69) is 45.7 Å². The van der Waals surface area contributed by atoms with E-state index in [0.29, 0.717) is 17.4 Å². The maximum absolute atomic E-state index is 11.4. The van der Waals surface area contributed by atoms with E-state index in [1.165, 1.54) is 6.42 Å². The number of ketones is 1. The van der Waals surface area contributed by atoms with Crippen LogP contribution in [0.4, 0.5) is 11.6 Å². The Kier molecular flexibility index (Phi) is 6.65. The number of hydrogen-bond acceptors (Lipinski definition) is 6. The number of nitrogens with zero attached hydrogens (tertiary/aromatic N) is 4. The van der Waals surface area contributed by atoms with Crippen molar-refractivity contribution < 1.29 is 9.53 Å². The summed E-state index contributed by atoms with van der Waals surface area (Å²) in [6, 6.07) is 8.11. The molecule has 1 aromatic heterocycles. The van der Waals surface area contributed by atoms with Crippen LogP contribution in [-0.2, 0) is 4.79 Å². The number of benzene rings is 1. The first-order valence-electron chi connectivity index (χ1n) is 11.2. The number of Topliss-reactive ketones (excluding diaryl/α,β-unsaturated/α-hetero) is 1. The Labute approximate surface area is 189 Å². The monoisotopic (exact) mass is 442 g/mol. The third-order valence-electron chi connectivity index (χ3n) is 6.27. The Bertz CT molecular complexity index is 920. The van der Waals surface area contributed by atoms with Crippen molar-refractivity contribution in [2.45, 2.75) is 52.1 Å². The van der Waals surface area contributed by atoms with Crippen LogP contribution in [0.25, 0.3) is 0 Å². The molecule has 0 N–H and O–H groups in total. The molecule has 2 fully saturated rings. The van der Waals surface area contributed by atoms with Gasteiger partial charge in [0.2, 0.25) is 0 Å². The van der Waals surface area contributed by atoms with Crippen molar-refractivity contribution in [2.24, 2.45) is 5.92 Å². The van der Waals surface area contributed by atoms with Crippen molar-refractivity contribution >= 4 is 29.0 Å². The molecule has 3 heterocycles. The number of ether oxygens (including phenoxy) is 1. The highest BCUT2D eigenvalue weighted by molar-refractivity contribution is 6.35. The highest BCUT2D eigenvalue weighted by Crippen LogP contribution is 2.35. The minimum Gasteiger partial charge on any atom is -0.489 e. The van der Waals surface area contributed by atoms with Crippen LogP contribution in [0.5, 0.6) is 5.75 Å². The standard InChI is InChI=1S/C24H31ClN4O2/c1-16-8-10-28(13-16)23-22(25)24(27-15-26-23)29-11-9-21(14-29)31-20-6-4-19(5-7-20)17(2)12-18(3)30/h4-7,15-17,21H,8-14H2,1-3H3/t16-,17+,21+/m0/s1. The van der Waals surface area contributed by atoms with Gasteiger partial charge in [-0.1, -0.05) is 37.6 Å². The molecule has 1 aromatic carbocycles. The predicted molar refractivity (Wildman–Crippen MR) is 124 cm³/mol. The number of carbonyl (C=O) groups is 1. The summed E-state index contributed by atoms with van der Waals surface area (Å²) >= 11 is 6.73. The fraction of sp³-hybridized carbons (Fsp3) is 0.542. The van der Waals surface area contributed by atoms with Gasteiger partial charge in [0, 0.05) is 32.5 Å². The molecular weight excluding hydrogens is 412 g/mol. The maximum Gasteiger partial charge on any atom is 0.153 e. The average molecular weight is 443 g/mol. The van der Waals surface area contributed by atoms with E-state index in [9.17, 15) is 4.79 Å². The Morgan fingerprint density at radius 3 is 2.39 bits per heavy atom. The quantitative estimate of drug-likeness (QED) is 0.618. The minimum atomic E-state index is 0.0850. The van der Waals surface area contributed by atoms with Gasteiger partial charge in [-0.05, 0) is 42.9 Å². The van der Waals surface area contributed by atoms with E-state index in [-0.39, 0.29) is 17.8 Å². The average Bonchev–Trinajstić information content (AvgIpc) is 3.37. The number of rotatable bonds is 7. The van der Waals surface area contributed by atoms with E-state index in [4.69, 9.17) is 16.3 Å². The van der Waals surface area contributed by atoms with Crippen LogP contribution in [0, 0.1) is 5.92 Å². The lowest BCUT2D eigenvalue weighted by Gasteiger charge is -2.23. The first-order chi connectivity index (χ1) is 14.9. The molecule has 166 valence electrons. The molecular formula is C24H31ClN4O2. The lowest BCUT2D eigenvalue weighted by Crippen LogP contribution is -2.27. The van der Waals surface area contributed by atoms with Crippen LogP contribution >= 0.6 is 11.6 Å². The van der Waals surface area contributed by atoms with E-state index in [1.807, 2.05) is 12.1 Å². The first kappa shape index (κ1) is 21.9. The molecule has 0 spiro atoms. The van der Waals surface area contributed by atoms with Crippen LogP contribution in [0.3, 0.4) is 0 Å². The first-order valence-corrected chi connectivity index (χ1v) is 11.5. The highest BCUT2D eigenvalue weighted by Gasteiger charge is 2.29. The summed E-state index contributed by atoms with van der Waals surface area (Å²) in [5.74, 6) is 3.59. The molecule has 6 nitrogen and oxygen atoms in total. The molecule has 0 unspecified atom stereocenters. The number of hydrogen-bond donors (Lipinski definition) is 0. The molecule has 0 saturated carbocycles. The summed E-state index contributed by atoms with van der Waals surface area (Å²) in [5.41, 5.74) is 1.16. The normalized spacial score (nSPS) is 22.1. The molecule has 7 heteroatoms. The molecule has 0 amide bonds. The van der Waals surface area contributed by atoms with Crippen molar-refractivity contribution in [3.8, 4) is 5.75 Å². The Morgan fingerprint density at radius 1 is 1.13 bits per heavy atom. The van der Waals surface area contributed by atoms with Gasteiger partial charge >= 0.3 is 0 Å². The molecule has 0 aliphatic carbocycles. The topological polar surface area (TPSA) is 58.6 Å². The summed E-state index contributed by atoms with van der Waals surface area (Å²) < 4.78 is 6.22. The largest absolute Gasteiger partial charge is 0.489 e. The zero-order valence-corrected chi connectivity index (χ0v) is 19.3. The summed E-state index contributed by atoms with van der Waals surface area (Å²) in [7, 11) is 0.